The third kappa shape index (κ3) is 5.14. The molecule has 0 bridgehead atoms. The number of carbonyl (C=O) groups is 1. The fourth-order valence-corrected chi connectivity index (χ4v) is 2.25. The Bertz CT molecular complexity index is 745. The van der Waals surface area contributed by atoms with E-state index < -0.39 is 17.6 Å². The molecule has 0 aliphatic heterocycles. The van der Waals surface area contributed by atoms with Crippen molar-refractivity contribution >= 4 is 11.6 Å². The first kappa shape index (κ1) is 18.6. The lowest BCUT2D eigenvalue weighted by atomic mass is 10.1. The van der Waals surface area contributed by atoms with E-state index in [1.165, 1.54) is 13.2 Å². The summed E-state index contributed by atoms with van der Waals surface area (Å²) in [5.41, 5.74) is -0.181. The molecule has 0 aliphatic rings. The minimum atomic E-state index is -4.50. The number of hydrogen-bond acceptors (Lipinski definition) is 3. The number of methoxy groups -OCH3 is 1. The summed E-state index contributed by atoms with van der Waals surface area (Å²) in [7, 11) is 1.51. The van der Waals surface area contributed by atoms with Gasteiger partial charge in [0.1, 0.15) is 11.5 Å². The Kier molecular flexibility index (Phi) is 5.90. The summed E-state index contributed by atoms with van der Waals surface area (Å²) in [6, 6.07) is 9.89. The predicted molar refractivity (Wildman–Crippen MR) is 87.9 cm³/mol. The molecule has 0 aromatic heterocycles. The van der Waals surface area contributed by atoms with E-state index in [1.54, 1.807) is 31.2 Å². The molecule has 0 aliphatic carbocycles. The maximum atomic E-state index is 12.9. The van der Waals surface area contributed by atoms with Crippen molar-refractivity contribution in [1.82, 2.24) is 0 Å². The first-order valence-corrected chi connectivity index (χ1v) is 7.60. The second-order valence-corrected chi connectivity index (χ2v) is 5.22. The van der Waals surface area contributed by atoms with Crippen molar-refractivity contribution in [1.29, 1.82) is 0 Å². The fraction of sp³-hybridized carbons (Fsp3) is 0.278. The molecule has 4 nitrogen and oxygen atoms in total. The summed E-state index contributed by atoms with van der Waals surface area (Å²) in [6.45, 7) is 1.98. The van der Waals surface area contributed by atoms with Crippen LogP contribution < -0.4 is 14.8 Å². The first-order valence-electron chi connectivity index (χ1n) is 7.60. The summed E-state index contributed by atoms with van der Waals surface area (Å²) in [4.78, 5) is 12.2. The van der Waals surface area contributed by atoms with E-state index in [0.717, 1.165) is 12.1 Å². The van der Waals surface area contributed by atoms with Crippen molar-refractivity contribution in [3.63, 3.8) is 0 Å². The van der Waals surface area contributed by atoms with Crippen LogP contribution in [-0.4, -0.2) is 19.6 Å². The van der Waals surface area contributed by atoms with Gasteiger partial charge in [0, 0.05) is 0 Å². The number of benzene rings is 2. The second kappa shape index (κ2) is 7.92. The van der Waals surface area contributed by atoms with Gasteiger partial charge >= 0.3 is 6.18 Å². The van der Waals surface area contributed by atoms with Gasteiger partial charge in [-0.2, -0.15) is 13.2 Å². The van der Waals surface area contributed by atoms with Crippen molar-refractivity contribution in [2.45, 2.75) is 19.5 Å². The van der Waals surface area contributed by atoms with E-state index in [9.17, 15) is 18.0 Å². The van der Waals surface area contributed by atoms with Gasteiger partial charge in [-0.3, -0.25) is 4.79 Å². The molecule has 0 saturated carbocycles. The Morgan fingerprint density at radius 1 is 1.16 bits per heavy atom. The zero-order valence-electron chi connectivity index (χ0n) is 13.8. The molecule has 2 aromatic carbocycles. The Balaban J connectivity index is 2.20. The average Bonchev–Trinajstić information content (AvgIpc) is 2.55. The molecule has 1 N–H and O–H groups in total. The van der Waals surface area contributed by atoms with Gasteiger partial charge in [-0.1, -0.05) is 12.1 Å². The number of carbonyl (C=O) groups excluding carboxylic acids is 1. The van der Waals surface area contributed by atoms with Gasteiger partial charge < -0.3 is 14.8 Å². The molecule has 0 saturated heterocycles. The van der Waals surface area contributed by atoms with E-state index in [4.69, 9.17) is 9.47 Å². The average molecular weight is 353 g/mol. The topological polar surface area (TPSA) is 47.6 Å². The number of amides is 1. The highest BCUT2D eigenvalue weighted by atomic mass is 19.4. The van der Waals surface area contributed by atoms with Crippen LogP contribution in [0.2, 0.25) is 0 Å². The molecule has 0 atom stereocenters. The molecule has 0 spiro atoms. The van der Waals surface area contributed by atoms with E-state index in [1.807, 2.05) is 0 Å². The van der Waals surface area contributed by atoms with Crippen LogP contribution in [0, 0.1) is 0 Å². The van der Waals surface area contributed by atoms with Gasteiger partial charge in [0.25, 0.3) is 0 Å². The normalized spacial score (nSPS) is 11.1. The van der Waals surface area contributed by atoms with Gasteiger partial charge in [0.05, 0.1) is 31.4 Å². The van der Waals surface area contributed by atoms with Crippen LogP contribution in [0.1, 0.15) is 18.1 Å². The number of hydrogen-bond donors (Lipinski definition) is 1. The Morgan fingerprint density at radius 3 is 2.56 bits per heavy atom. The second-order valence-electron chi connectivity index (χ2n) is 5.22. The molecule has 0 radical (unpaired) electrons. The Hall–Kier alpha value is -2.70. The number of rotatable bonds is 6. The highest BCUT2D eigenvalue weighted by molar-refractivity contribution is 5.93. The van der Waals surface area contributed by atoms with Crippen molar-refractivity contribution in [2.24, 2.45) is 0 Å². The van der Waals surface area contributed by atoms with Gasteiger partial charge in [-0.05, 0) is 42.8 Å². The monoisotopic (exact) mass is 353 g/mol. The third-order valence-electron chi connectivity index (χ3n) is 3.38. The summed E-state index contributed by atoms with van der Waals surface area (Å²) < 4.78 is 49.0. The van der Waals surface area contributed by atoms with Crippen molar-refractivity contribution < 1.29 is 27.4 Å². The molecular formula is C18H18F3NO3. The lowest BCUT2D eigenvalue weighted by Crippen LogP contribution is -2.16. The van der Waals surface area contributed by atoms with Gasteiger partial charge in [-0.25, -0.2) is 0 Å². The minimum absolute atomic E-state index is 0.000982. The molecule has 0 unspecified atom stereocenters. The Labute approximate surface area is 143 Å². The Morgan fingerprint density at radius 2 is 1.92 bits per heavy atom. The molecule has 1 amide bonds. The van der Waals surface area contributed by atoms with Crippen molar-refractivity contribution in [3.8, 4) is 11.5 Å². The van der Waals surface area contributed by atoms with Crippen molar-refractivity contribution in [2.75, 3.05) is 19.0 Å². The van der Waals surface area contributed by atoms with Crippen LogP contribution in [0.5, 0.6) is 11.5 Å². The summed E-state index contributed by atoms with van der Waals surface area (Å²) in [5.74, 6) is 0.336. The fourth-order valence-electron chi connectivity index (χ4n) is 2.25. The standard InChI is InChI=1S/C18H18F3NO3/c1-3-25-16-8-7-13(18(19,20)21)11-15(16)22-17(23)10-12-5-4-6-14(9-12)24-2/h4-9,11H,3,10H2,1-2H3,(H,22,23). The summed E-state index contributed by atoms with van der Waals surface area (Å²) in [6.07, 6.45) is -4.50. The van der Waals surface area contributed by atoms with E-state index in [0.29, 0.717) is 11.3 Å². The highest BCUT2D eigenvalue weighted by Gasteiger charge is 2.31. The smallest absolute Gasteiger partial charge is 0.416 e. The molecule has 2 rings (SSSR count). The lowest BCUT2D eigenvalue weighted by molar-refractivity contribution is -0.137. The van der Waals surface area contributed by atoms with Crippen LogP contribution in [-0.2, 0) is 17.4 Å². The maximum absolute atomic E-state index is 12.9. The number of anilines is 1. The lowest BCUT2D eigenvalue weighted by Gasteiger charge is -2.15. The SMILES string of the molecule is CCOc1ccc(C(F)(F)F)cc1NC(=O)Cc1cccc(OC)c1. The number of alkyl halides is 3. The molecule has 134 valence electrons. The molecule has 0 heterocycles. The minimum Gasteiger partial charge on any atom is -0.497 e. The van der Waals surface area contributed by atoms with Gasteiger partial charge in [-0.15, -0.1) is 0 Å². The number of halogens is 3. The summed E-state index contributed by atoms with van der Waals surface area (Å²) >= 11 is 0. The predicted octanol–water partition coefficient (Wildman–Crippen LogP) is 4.29. The van der Waals surface area contributed by atoms with Crippen LogP contribution >= 0.6 is 0 Å². The van der Waals surface area contributed by atoms with E-state index in [2.05, 4.69) is 5.32 Å². The van der Waals surface area contributed by atoms with Gasteiger partial charge in [0.2, 0.25) is 5.91 Å². The van der Waals surface area contributed by atoms with Crippen molar-refractivity contribution in [3.05, 3.63) is 53.6 Å². The van der Waals surface area contributed by atoms with Crippen LogP contribution in [0.25, 0.3) is 0 Å². The zero-order valence-corrected chi connectivity index (χ0v) is 13.8. The zero-order chi connectivity index (χ0) is 18.4. The van der Waals surface area contributed by atoms with Gasteiger partial charge in [0.15, 0.2) is 0 Å². The van der Waals surface area contributed by atoms with E-state index in [-0.39, 0.29) is 24.5 Å². The highest BCUT2D eigenvalue weighted by Crippen LogP contribution is 2.35. The number of ether oxygens (including phenoxy) is 2. The van der Waals surface area contributed by atoms with E-state index >= 15 is 0 Å². The molecule has 25 heavy (non-hydrogen) atoms. The summed E-state index contributed by atoms with van der Waals surface area (Å²) in [5, 5.41) is 2.49. The largest absolute Gasteiger partial charge is 0.497 e. The molecule has 7 heteroatoms. The molecule has 2 aromatic rings. The maximum Gasteiger partial charge on any atom is 0.416 e. The van der Waals surface area contributed by atoms with Crippen LogP contribution in [0.15, 0.2) is 42.5 Å². The first-order chi connectivity index (χ1) is 11.8. The van der Waals surface area contributed by atoms with Crippen LogP contribution in [0.4, 0.5) is 18.9 Å². The number of nitrogens with one attached hydrogen (secondary N) is 1. The molecule has 0 fully saturated rings. The third-order valence-corrected chi connectivity index (χ3v) is 3.38. The quantitative estimate of drug-likeness (QED) is 0.843. The molecular weight excluding hydrogens is 335 g/mol. The van der Waals surface area contributed by atoms with Crippen LogP contribution in [0.3, 0.4) is 0 Å².